The van der Waals surface area contributed by atoms with Crippen LogP contribution in [0.25, 0.3) is 0 Å². The predicted octanol–water partition coefficient (Wildman–Crippen LogP) is 1.58. The van der Waals surface area contributed by atoms with Crippen LogP contribution in [0.1, 0.15) is 32.4 Å². The number of aliphatic carboxylic acids is 1. The molecule has 0 radical (unpaired) electrons. The number of nitrogens with zero attached hydrogens (tertiary/aromatic N) is 4. The number of rotatable bonds is 5. The van der Waals surface area contributed by atoms with E-state index in [4.69, 9.17) is 0 Å². The lowest BCUT2D eigenvalue weighted by Gasteiger charge is -2.23. The molecule has 1 aromatic heterocycles. The third-order valence-electron chi connectivity index (χ3n) is 4.36. The van der Waals surface area contributed by atoms with Crippen molar-refractivity contribution in [3.05, 3.63) is 15.8 Å². The molecule has 0 bridgehead atoms. The van der Waals surface area contributed by atoms with Crippen molar-refractivity contribution < 1.29 is 14.8 Å². The van der Waals surface area contributed by atoms with Gasteiger partial charge in [-0.15, -0.1) is 0 Å². The molecule has 0 aliphatic carbocycles. The van der Waals surface area contributed by atoms with Crippen molar-refractivity contribution in [2.45, 2.75) is 33.1 Å². The zero-order valence-electron chi connectivity index (χ0n) is 12.5. The number of hydrogen-bond acceptors (Lipinski definition) is 5. The van der Waals surface area contributed by atoms with Crippen LogP contribution in [-0.4, -0.2) is 38.9 Å². The van der Waals surface area contributed by atoms with Crippen molar-refractivity contribution >= 4 is 17.5 Å². The van der Waals surface area contributed by atoms with Crippen molar-refractivity contribution in [2.24, 2.45) is 12.5 Å². The Balaban J connectivity index is 2.43. The van der Waals surface area contributed by atoms with Crippen molar-refractivity contribution in [2.75, 3.05) is 18.0 Å². The Kier molecular flexibility index (Phi) is 3.89. The summed E-state index contributed by atoms with van der Waals surface area (Å²) < 4.78 is 1.49. The normalized spacial score (nSPS) is 21.8. The van der Waals surface area contributed by atoms with Crippen LogP contribution in [0.15, 0.2) is 0 Å². The molecule has 2 rings (SSSR count). The maximum Gasteiger partial charge on any atom is 0.334 e. The molecule has 1 aliphatic rings. The third kappa shape index (κ3) is 2.34. The van der Waals surface area contributed by atoms with E-state index in [1.807, 2.05) is 13.8 Å². The number of carbonyl (C=O) groups is 1. The summed E-state index contributed by atoms with van der Waals surface area (Å²) in [6.45, 7) is 4.43. The predicted molar refractivity (Wildman–Crippen MR) is 76.4 cm³/mol. The summed E-state index contributed by atoms with van der Waals surface area (Å²) in [5.74, 6) is -0.429. The van der Waals surface area contributed by atoms with Gasteiger partial charge in [-0.25, -0.2) is 4.68 Å². The number of aryl methyl sites for hydroxylation is 2. The van der Waals surface area contributed by atoms with Gasteiger partial charge in [0.2, 0.25) is 5.82 Å². The van der Waals surface area contributed by atoms with Gasteiger partial charge in [0.05, 0.1) is 10.3 Å². The fourth-order valence-electron chi connectivity index (χ4n) is 3.01. The summed E-state index contributed by atoms with van der Waals surface area (Å²) in [4.78, 5) is 24.2. The highest BCUT2D eigenvalue weighted by molar-refractivity contribution is 5.77. The molecule has 1 atom stereocenters. The second kappa shape index (κ2) is 5.34. The van der Waals surface area contributed by atoms with Crippen molar-refractivity contribution in [3.63, 3.8) is 0 Å². The van der Waals surface area contributed by atoms with Gasteiger partial charge in [0.15, 0.2) is 0 Å². The lowest BCUT2D eigenvalue weighted by molar-refractivity contribution is -0.384. The van der Waals surface area contributed by atoms with E-state index < -0.39 is 16.3 Å². The van der Waals surface area contributed by atoms with E-state index in [9.17, 15) is 20.0 Å². The lowest BCUT2D eigenvalue weighted by Crippen LogP contribution is -2.34. The van der Waals surface area contributed by atoms with Gasteiger partial charge in [-0.05, 0) is 19.3 Å². The summed E-state index contributed by atoms with van der Waals surface area (Å²) in [7, 11) is 1.66. The molecule has 1 aromatic rings. The first kappa shape index (κ1) is 15.3. The average molecular weight is 296 g/mol. The van der Waals surface area contributed by atoms with Crippen molar-refractivity contribution in [1.82, 2.24) is 9.78 Å². The van der Waals surface area contributed by atoms with Gasteiger partial charge in [-0.2, -0.15) is 5.10 Å². The van der Waals surface area contributed by atoms with Crippen LogP contribution in [-0.2, 0) is 18.3 Å². The summed E-state index contributed by atoms with van der Waals surface area (Å²) in [6, 6.07) is 0. The number of hydrogen-bond donors (Lipinski definition) is 1. The molecule has 0 amide bonds. The Labute approximate surface area is 122 Å². The largest absolute Gasteiger partial charge is 0.481 e. The van der Waals surface area contributed by atoms with Gasteiger partial charge in [0.25, 0.3) is 0 Å². The van der Waals surface area contributed by atoms with Gasteiger partial charge in [0.1, 0.15) is 5.69 Å². The molecule has 0 spiro atoms. The standard InChI is InChI=1S/C13H20N4O4/c1-4-9-10(17(20)21)11(15(3)14-9)16-7-6-13(5-2,8-16)12(18)19/h4-8H2,1-3H3,(H,18,19). The van der Waals surface area contributed by atoms with Crippen LogP contribution in [0.4, 0.5) is 11.5 Å². The molecule has 8 heteroatoms. The minimum Gasteiger partial charge on any atom is -0.481 e. The topological polar surface area (TPSA) is 102 Å². The van der Waals surface area contributed by atoms with E-state index in [1.54, 1.807) is 11.9 Å². The second-order valence-corrected chi connectivity index (χ2v) is 5.46. The second-order valence-electron chi connectivity index (χ2n) is 5.46. The first-order chi connectivity index (χ1) is 9.86. The van der Waals surface area contributed by atoms with Gasteiger partial charge in [0, 0.05) is 20.1 Å². The van der Waals surface area contributed by atoms with Gasteiger partial charge < -0.3 is 10.0 Å². The Hall–Kier alpha value is -2.12. The quantitative estimate of drug-likeness (QED) is 0.654. The minimum atomic E-state index is -0.840. The summed E-state index contributed by atoms with van der Waals surface area (Å²) in [5.41, 5.74) is -0.399. The molecule has 1 N–H and O–H groups in total. The van der Waals surface area contributed by atoms with Gasteiger partial charge in [-0.1, -0.05) is 13.8 Å². The average Bonchev–Trinajstić information content (AvgIpc) is 2.99. The minimum absolute atomic E-state index is 0.00251. The summed E-state index contributed by atoms with van der Waals surface area (Å²) >= 11 is 0. The van der Waals surface area contributed by atoms with Crippen LogP contribution in [0.5, 0.6) is 0 Å². The van der Waals surface area contributed by atoms with E-state index in [0.29, 0.717) is 37.3 Å². The van der Waals surface area contributed by atoms with Crippen LogP contribution in [0.2, 0.25) is 0 Å². The number of aromatic nitrogens is 2. The van der Waals surface area contributed by atoms with E-state index in [1.165, 1.54) is 4.68 Å². The van der Waals surface area contributed by atoms with Crippen LogP contribution >= 0.6 is 0 Å². The molecule has 116 valence electrons. The zero-order chi connectivity index (χ0) is 15.8. The molecule has 0 aromatic carbocycles. The van der Waals surface area contributed by atoms with Crippen LogP contribution in [0.3, 0.4) is 0 Å². The van der Waals surface area contributed by atoms with E-state index in [-0.39, 0.29) is 12.2 Å². The van der Waals surface area contributed by atoms with E-state index in [2.05, 4.69) is 5.10 Å². The molecule has 1 aliphatic heterocycles. The fourth-order valence-corrected chi connectivity index (χ4v) is 3.01. The molecule has 2 heterocycles. The number of carboxylic acids is 1. The van der Waals surface area contributed by atoms with Crippen LogP contribution in [0, 0.1) is 15.5 Å². The first-order valence-corrected chi connectivity index (χ1v) is 7.05. The maximum absolute atomic E-state index is 11.5. The zero-order valence-corrected chi connectivity index (χ0v) is 12.5. The molecular formula is C13H20N4O4. The van der Waals surface area contributed by atoms with Gasteiger partial charge >= 0.3 is 11.7 Å². The Morgan fingerprint density at radius 2 is 2.19 bits per heavy atom. The molecule has 8 nitrogen and oxygen atoms in total. The molecule has 1 unspecified atom stereocenters. The Morgan fingerprint density at radius 1 is 1.52 bits per heavy atom. The van der Waals surface area contributed by atoms with Gasteiger partial charge in [-0.3, -0.25) is 14.9 Å². The van der Waals surface area contributed by atoms with E-state index >= 15 is 0 Å². The maximum atomic E-state index is 11.5. The third-order valence-corrected chi connectivity index (χ3v) is 4.36. The first-order valence-electron chi connectivity index (χ1n) is 7.05. The highest BCUT2D eigenvalue weighted by Gasteiger charge is 2.46. The highest BCUT2D eigenvalue weighted by Crippen LogP contribution is 2.40. The highest BCUT2D eigenvalue weighted by atomic mass is 16.6. The van der Waals surface area contributed by atoms with Crippen molar-refractivity contribution in [1.29, 1.82) is 0 Å². The molecule has 21 heavy (non-hydrogen) atoms. The molecule has 1 saturated heterocycles. The molecule has 1 fully saturated rings. The SMILES string of the molecule is CCc1nn(C)c(N2CCC(CC)(C(=O)O)C2)c1[N+](=O)[O-]. The number of carboxylic acid groups (broad SMARTS) is 1. The fraction of sp³-hybridized carbons (Fsp3) is 0.692. The number of nitro groups is 1. The monoisotopic (exact) mass is 296 g/mol. The molecule has 0 saturated carbocycles. The smallest absolute Gasteiger partial charge is 0.334 e. The van der Waals surface area contributed by atoms with E-state index in [0.717, 1.165) is 0 Å². The number of anilines is 1. The van der Waals surface area contributed by atoms with Crippen LogP contribution < -0.4 is 4.90 Å². The Bertz CT molecular complexity index is 583. The lowest BCUT2D eigenvalue weighted by atomic mass is 9.84. The summed E-state index contributed by atoms with van der Waals surface area (Å²) in [5, 5.41) is 25.0. The molecular weight excluding hydrogens is 276 g/mol. The van der Waals surface area contributed by atoms with Crippen molar-refractivity contribution in [3.8, 4) is 0 Å². The Morgan fingerprint density at radius 3 is 2.62 bits per heavy atom. The summed E-state index contributed by atoms with van der Waals surface area (Å²) in [6.07, 6.45) is 1.46.